The number of rotatable bonds is 6. The molecule has 2 aromatic carbocycles. The Kier molecular flexibility index (Phi) is 5.86. The second-order valence-corrected chi connectivity index (χ2v) is 7.69. The number of methoxy groups -OCH3 is 1. The van der Waals surface area contributed by atoms with Gasteiger partial charge in [0.1, 0.15) is 17.9 Å². The summed E-state index contributed by atoms with van der Waals surface area (Å²) in [6.07, 6.45) is 4.50. The van der Waals surface area contributed by atoms with E-state index in [0.717, 1.165) is 32.5 Å². The summed E-state index contributed by atoms with van der Waals surface area (Å²) in [6, 6.07) is 13.8. The highest BCUT2D eigenvalue weighted by Gasteiger charge is 2.23. The van der Waals surface area contributed by atoms with Crippen LogP contribution in [0.4, 0.5) is 0 Å². The van der Waals surface area contributed by atoms with Crippen molar-refractivity contribution in [3.05, 3.63) is 65.4 Å². The van der Waals surface area contributed by atoms with Gasteiger partial charge in [0.25, 0.3) is 0 Å². The molecule has 0 atom stereocenters. The van der Waals surface area contributed by atoms with Gasteiger partial charge in [-0.15, -0.1) is 0 Å². The van der Waals surface area contributed by atoms with Crippen molar-refractivity contribution in [1.29, 1.82) is 0 Å². The van der Waals surface area contributed by atoms with Crippen LogP contribution in [0.2, 0.25) is 0 Å². The van der Waals surface area contributed by atoms with E-state index in [2.05, 4.69) is 41.2 Å². The van der Waals surface area contributed by atoms with Gasteiger partial charge in [0.15, 0.2) is 0 Å². The molecule has 4 rings (SSSR count). The van der Waals surface area contributed by atoms with E-state index in [1.807, 2.05) is 18.2 Å². The van der Waals surface area contributed by atoms with Crippen LogP contribution in [0.25, 0.3) is 10.9 Å². The number of ether oxygens (including phenoxy) is 2. The van der Waals surface area contributed by atoms with Crippen LogP contribution in [0, 0.1) is 6.92 Å². The lowest BCUT2D eigenvalue weighted by atomic mass is 9.89. The molecule has 3 aromatic rings. The Bertz CT molecular complexity index is 987. The third kappa shape index (κ3) is 4.15. The molecule has 0 spiro atoms. The van der Waals surface area contributed by atoms with Gasteiger partial charge in [0, 0.05) is 23.6 Å². The maximum Gasteiger partial charge on any atom is 0.341 e. The van der Waals surface area contributed by atoms with E-state index in [-0.39, 0.29) is 5.97 Å². The van der Waals surface area contributed by atoms with Crippen LogP contribution >= 0.6 is 0 Å². The molecule has 2 heterocycles. The molecule has 0 bridgehead atoms. The average molecular weight is 392 g/mol. The van der Waals surface area contributed by atoms with Crippen molar-refractivity contribution < 1.29 is 14.3 Å². The predicted molar refractivity (Wildman–Crippen MR) is 115 cm³/mol. The summed E-state index contributed by atoms with van der Waals surface area (Å²) in [4.78, 5) is 17.8. The summed E-state index contributed by atoms with van der Waals surface area (Å²) in [5.74, 6) is 0.821. The second kappa shape index (κ2) is 8.70. The number of aryl methyl sites for hydroxylation is 1. The Labute approximate surface area is 171 Å². The van der Waals surface area contributed by atoms with Gasteiger partial charge in [-0.1, -0.05) is 30.3 Å². The number of hydrogen-bond donors (Lipinski definition) is 1. The number of H-pyrrole nitrogens is 1. The number of fused-ring (bicyclic) bond motifs is 1. The number of para-hydroxylation sites is 2. The summed E-state index contributed by atoms with van der Waals surface area (Å²) in [6.45, 7) is 5.69. The normalized spacial score (nSPS) is 15.5. The van der Waals surface area contributed by atoms with Gasteiger partial charge < -0.3 is 14.5 Å². The van der Waals surface area contributed by atoms with Crippen LogP contribution in [0.3, 0.4) is 0 Å². The van der Waals surface area contributed by atoms with Crippen LogP contribution < -0.4 is 4.74 Å². The molecule has 0 radical (unpaired) electrons. The topological polar surface area (TPSA) is 54.6 Å². The van der Waals surface area contributed by atoms with Crippen molar-refractivity contribution in [3.63, 3.8) is 0 Å². The molecule has 0 aliphatic carbocycles. The standard InChI is InChI=1S/C24H28N2O3/c1-17-6-5-8-19-21(16-25-23(17)19)18-10-12-26(13-11-18)14-15-29-22-9-4-3-7-20(22)24(27)28-2/h3-9,16,18,25H,10-15H2,1-2H3. The number of nitrogens with zero attached hydrogens (tertiary/aromatic N) is 1. The first-order chi connectivity index (χ1) is 14.2. The van der Waals surface area contributed by atoms with E-state index in [4.69, 9.17) is 9.47 Å². The SMILES string of the molecule is COC(=O)c1ccccc1OCCN1CCC(c2c[nH]c3c(C)cccc23)CC1. The Balaban J connectivity index is 1.31. The number of carbonyl (C=O) groups excluding carboxylic acids is 1. The zero-order chi connectivity index (χ0) is 20.2. The molecule has 0 unspecified atom stereocenters. The van der Waals surface area contributed by atoms with Gasteiger partial charge in [0.2, 0.25) is 0 Å². The fourth-order valence-electron chi connectivity index (χ4n) is 4.29. The minimum absolute atomic E-state index is 0.365. The lowest BCUT2D eigenvalue weighted by Crippen LogP contribution is -2.35. The molecule has 152 valence electrons. The molecule has 1 N–H and O–H groups in total. The Morgan fingerprint density at radius 2 is 1.93 bits per heavy atom. The highest BCUT2D eigenvalue weighted by molar-refractivity contribution is 5.92. The quantitative estimate of drug-likeness (QED) is 0.627. The van der Waals surface area contributed by atoms with E-state index >= 15 is 0 Å². The largest absolute Gasteiger partial charge is 0.491 e. The maximum absolute atomic E-state index is 11.8. The minimum atomic E-state index is -0.365. The lowest BCUT2D eigenvalue weighted by molar-refractivity contribution is 0.0595. The smallest absolute Gasteiger partial charge is 0.341 e. The van der Waals surface area contributed by atoms with Gasteiger partial charge in [-0.2, -0.15) is 0 Å². The Morgan fingerprint density at radius 3 is 2.72 bits per heavy atom. The molecular weight excluding hydrogens is 364 g/mol. The second-order valence-electron chi connectivity index (χ2n) is 7.69. The van der Waals surface area contributed by atoms with Crippen LogP contribution in [-0.4, -0.2) is 49.2 Å². The molecule has 5 nitrogen and oxygen atoms in total. The molecule has 1 aliphatic rings. The van der Waals surface area contributed by atoms with Gasteiger partial charge in [-0.05, 0) is 62.0 Å². The third-order valence-electron chi connectivity index (χ3n) is 5.94. The molecule has 1 fully saturated rings. The van der Waals surface area contributed by atoms with Crippen molar-refractivity contribution in [2.24, 2.45) is 0 Å². The number of aromatic amines is 1. The maximum atomic E-state index is 11.8. The number of benzene rings is 2. The summed E-state index contributed by atoms with van der Waals surface area (Å²) in [7, 11) is 1.39. The first-order valence-electron chi connectivity index (χ1n) is 10.3. The number of aromatic nitrogens is 1. The summed E-state index contributed by atoms with van der Waals surface area (Å²) >= 11 is 0. The fourth-order valence-corrected chi connectivity index (χ4v) is 4.29. The fraction of sp³-hybridized carbons (Fsp3) is 0.375. The molecule has 5 heteroatoms. The van der Waals surface area contributed by atoms with E-state index in [0.29, 0.717) is 23.8 Å². The monoisotopic (exact) mass is 392 g/mol. The first kappa shape index (κ1) is 19.5. The summed E-state index contributed by atoms with van der Waals surface area (Å²) in [5, 5.41) is 1.37. The van der Waals surface area contributed by atoms with E-state index < -0.39 is 0 Å². The zero-order valence-corrected chi connectivity index (χ0v) is 17.1. The number of carbonyl (C=O) groups is 1. The van der Waals surface area contributed by atoms with Gasteiger partial charge in [-0.25, -0.2) is 4.79 Å². The average Bonchev–Trinajstić information content (AvgIpc) is 3.19. The zero-order valence-electron chi connectivity index (χ0n) is 17.1. The molecule has 1 saturated heterocycles. The molecule has 0 amide bonds. The van der Waals surface area contributed by atoms with Crippen LogP contribution in [-0.2, 0) is 4.74 Å². The Morgan fingerprint density at radius 1 is 1.14 bits per heavy atom. The van der Waals surface area contributed by atoms with Gasteiger partial charge in [-0.3, -0.25) is 4.90 Å². The molecular formula is C24H28N2O3. The molecule has 29 heavy (non-hydrogen) atoms. The first-order valence-corrected chi connectivity index (χ1v) is 10.3. The van der Waals surface area contributed by atoms with Crippen molar-refractivity contribution in [2.75, 3.05) is 33.4 Å². The van der Waals surface area contributed by atoms with E-state index in [9.17, 15) is 4.79 Å². The number of piperidine rings is 1. The van der Waals surface area contributed by atoms with Gasteiger partial charge in [0.05, 0.1) is 7.11 Å². The number of hydrogen-bond acceptors (Lipinski definition) is 4. The summed E-state index contributed by atoms with van der Waals surface area (Å²) < 4.78 is 10.7. The van der Waals surface area contributed by atoms with Crippen LogP contribution in [0.15, 0.2) is 48.7 Å². The summed E-state index contributed by atoms with van der Waals surface area (Å²) in [5.41, 5.74) is 4.49. The molecule has 1 aromatic heterocycles. The molecule has 1 aliphatic heterocycles. The number of esters is 1. The van der Waals surface area contributed by atoms with Crippen molar-refractivity contribution in [1.82, 2.24) is 9.88 Å². The molecule has 0 saturated carbocycles. The predicted octanol–water partition coefficient (Wildman–Crippen LogP) is 4.52. The Hall–Kier alpha value is -2.79. The lowest BCUT2D eigenvalue weighted by Gasteiger charge is -2.31. The number of likely N-dealkylation sites (tertiary alicyclic amines) is 1. The van der Waals surface area contributed by atoms with Gasteiger partial charge >= 0.3 is 5.97 Å². The van der Waals surface area contributed by atoms with E-state index in [1.54, 1.807) is 6.07 Å². The highest BCUT2D eigenvalue weighted by Crippen LogP contribution is 2.34. The van der Waals surface area contributed by atoms with Crippen molar-refractivity contribution in [3.8, 4) is 5.75 Å². The van der Waals surface area contributed by atoms with Crippen LogP contribution in [0.1, 0.15) is 40.2 Å². The van der Waals surface area contributed by atoms with Crippen LogP contribution in [0.5, 0.6) is 5.75 Å². The van der Waals surface area contributed by atoms with Crippen molar-refractivity contribution >= 4 is 16.9 Å². The minimum Gasteiger partial charge on any atom is -0.491 e. The third-order valence-corrected chi connectivity index (χ3v) is 5.94. The highest BCUT2D eigenvalue weighted by atomic mass is 16.5. The van der Waals surface area contributed by atoms with Crippen molar-refractivity contribution in [2.45, 2.75) is 25.7 Å². The van der Waals surface area contributed by atoms with E-state index in [1.165, 1.54) is 29.1 Å². The number of nitrogens with one attached hydrogen (secondary N) is 1.